The molecule has 1 aromatic heterocycles. The van der Waals surface area contributed by atoms with Gasteiger partial charge in [0.05, 0.1) is 11.5 Å². The second kappa shape index (κ2) is 7.55. The van der Waals surface area contributed by atoms with Gasteiger partial charge in [0, 0.05) is 16.6 Å². The van der Waals surface area contributed by atoms with Crippen LogP contribution in [0.2, 0.25) is 0 Å². The van der Waals surface area contributed by atoms with Crippen LogP contribution in [0.4, 0.5) is 5.69 Å². The molecule has 29 heavy (non-hydrogen) atoms. The number of ether oxygens (including phenoxy) is 1. The number of esters is 1. The van der Waals surface area contributed by atoms with Crippen molar-refractivity contribution in [2.45, 2.75) is 44.9 Å². The monoisotopic (exact) mass is 415 g/mol. The SMILES string of the molecule is CCOC(=O)c1oc2ccc(NS(=O)(=O)c3ccc(C(C)(C)C)cc3)cc2c1C. The van der Waals surface area contributed by atoms with Crippen LogP contribution >= 0.6 is 0 Å². The normalized spacial score (nSPS) is 12.2. The molecule has 3 rings (SSSR count). The van der Waals surface area contributed by atoms with E-state index in [9.17, 15) is 13.2 Å². The molecule has 0 saturated heterocycles. The highest BCUT2D eigenvalue weighted by Crippen LogP contribution is 2.30. The summed E-state index contributed by atoms with van der Waals surface area (Å²) in [6.07, 6.45) is 0. The van der Waals surface area contributed by atoms with Gasteiger partial charge in [-0.05, 0) is 55.2 Å². The summed E-state index contributed by atoms with van der Waals surface area (Å²) in [6.45, 7) is 9.91. The van der Waals surface area contributed by atoms with Gasteiger partial charge in [0.1, 0.15) is 5.58 Å². The van der Waals surface area contributed by atoms with E-state index in [1.54, 1.807) is 44.2 Å². The first-order valence-corrected chi connectivity index (χ1v) is 10.8. The highest BCUT2D eigenvalue weighted by atomic mass is 32.2. The Kier molecular flexibility index (Phi) is 5.45. The third-order valence-electron chi connectivity index (χ3n) is 4.68. The molecule has 0 radical (unpaired) electrons. The minimum Gasteiger partial charge on any atom is -0.460 e. The van der Waals surface area contributed by atoms with Crippen LogP contribution in [-0.2, 0) is 20.2 Å². The van der Waals surface area contributed by atoms with Gasteiger partial charge >= 0.3 is 5.97 Å². The lowest BCUT2D eigenvalue weighted by molar-refractivity contribution is 0.0491. The molecule has 0 unspecified atom stereocenters. The minimum absolute atomic E-state index is 0.0593. The number of carbonyl (C=O) groups is 1. The number of sulfonamides is 1. The maximum Gasteiger partial charge on any atom is 0.374 e. The predicted octanol–water partition coefficient (Wildman–Crippen LogP) is 5.02. The molecular formula is C22H25NO5S. The Morgan fingerprint density at radius 3 is 2.34 bits per heavy atom. The van der Waals surface area contributed by atoms with Gasteiger partial charge in [0.2, 0.25) is 5.76 Å². The molecule has 154 valence electrons. The van der Waals surface area contributed by atoms with Crippen molar-refractivity contribution in [2.24, 2.45) is 0 Å². The Morgan fingerprint density at radius 1 is 1.10 bits per heavy atom. The van der Waals surface area contributed by atoms with E-state index in [1.165, 1.54) is 0 Å². The topological polar surface area (TPSA) is 85.6 Å². The first-order chi connectivity index (χ1) is 13.5. The smallest absolute Gasteiger partial charge is 0.374 e. The van der Waals surface area contributed by atoms with E-state index in [0.29, 0.717) is 22.2 Å². The largest absolute Gasteiger partial charge is 0.460 e. The van der Waals surface area contributed by atoms with Crippen LogP contribution in [0.5, 0.6) is 0 Å². The number of fused-ring (bicyclic) bond motifs is 1. The molecule has 1 N–H and O–H groups in total. The zero-order valence-corrected chi connectivity index (χ0v) is 18.0. The molecule has 6 nitrogen and oxygen atoms in total. The van der Waals surface area contributed by atoms with Crippen molar-refractivity contribution in [1.82, 2.24) is 0 Å². The Bertz CT molecular complexity index is 1150. The Labute approximate surface area is 170 Å². The van der Waals surface area contributed by atoms with Crippen LogP contribution in [0.3, 0.4) is 0 Å². The number of hydrogen-bond acceptors (Lipinski definition) is 5. The summed E-state index contributed by atoms with van der Waals surface area (Å²) in [5.74, 6) is -0.415. The molecule has 2 aromatic carbocycles. The van der Waals surface area contributed by atoms with Gasteiger partial charge in [-0.2, -0.15) is 0 Å². The quantitative estimate of drug-likeness (QED) is 0.592. The van der Waals surface area contributed by atoms with Gasteiger partial charge < -0.3 is 9.15 Å². The van der Waals surface area contributed by atoms with E-state index >= 15 is 0 Å². The fourth-order valence-corrected chi connectivity index (χ4v) is 4.07. The fourth-order valence-electron chi connectivity index (χ4n) is 3.02. The van der Waals surface area contributed by atoms with E-state index in [-0.39, 0.29) is 22.7 Å². The summed E-state index contributed by atoms with van der Waals surface area (Å²) in [4.78, 5) is 12.2. The molecule has 0 spiro atoms. The van der Waals surface area contributed by atoms with Gasteiger partial charge in [-0.15, -0.1) is 0 Å². The van der Waals surface area contributed by atoms with Crippen molar-refractivity contribution in [3.05, 3.63) is 59.4 Å². The van der Waals surface area contributed by atoms with Crippen molar-refractivity contribution in [1.29, 1.82) is 0 Å². The summed E-state index contributed by atoms with van der Waals surface area (Å²) >= 11 is 0. The van der Waals surface area contributed by atoms with Crippen molar-refractivity contribution >= 4 is 32.6 Å². The van der Waals surface area contributed by atoms with E-state index in [0.717, 1.165) is 5.56 Å². The minimum atomic E-state index is -3.75. The maximum atomic E-state index is 12.8. The van der Waals surface area contributed by atoms with Crippen LogP contribution in [0, 0.1) is 6.92 Å². The highest BCUT2D eigenvalue weighted by Gasteiger charge is 2.21. The third-order valence-corrected chi connectivity index (χ3v) is 6.08. The summed E-state index contributed by atoms with van der Waals surface area (Å²) in [6, 6.07) is 11.7. The van der Waals surface area contributed by atoms with Crippen LogP contribution in [0.1, 0.15) is 49.4 Å². The number of anilines is 1. The summed E-state index contributed by atoms with van der Waals surface area (Å²) in [5, 5.41) is 0.649. The summed E-state index contributed by atoms with van der Waals surface area (Å²) < 4.78 is 38.7. The number of rotatable bonds is 5. The van der Waals surface area contributed by atoms with E-state index in [4.69, 9.17) is 9.15 Å². The molecule has 0 atom stereocenters. The Hall–Kier alpha value is -2.80. The number of hydrogen-bond donors (Lipinski definition) is 1. The van der Waals surface area contributed by atoms with Crippen LogP contribution in [0.15, 0.2) is 51.8 Å². The number of benzene rings is 2. The maximum absolute atomic E-state index is 12.8. The van der Waals surface area contributed by atoms with Gasteiger partial charge in [0.25, 0.3) is 10.0 Å². The molecule has 0 fully saturated rings. The average Bonchev–Trinajstić information content (AvgIpc) is 2.97. The number of carbonyl (C=O) groups excluding carboxylic acids is 1. The van der Waals surface area contributed by atoms with Crippen LogP contribution in [0.25, 0.3) is 11.0 Å². The molecule has 0 saturated carbocycles. The van der Waals surface area contributed by atoms with Gasteiger partial charge in [-0.3, -0.25) is 4.72 Å². The average molecular weight is 416 g/mol. The number of aryl methyl sites for hydroxylation is 1. The summed E-state index contributed by atoms with van der Waals surface area (Å²) in [7, 11) is -3.75. The van der Waals surface area contributed by atoms with Crippen molar-refractivity contribution in [3.63, 3.8) is 0 Å². The van der Waals surface area contributed by atoms with Crippen LogP contribution in [-0.4, -0.2) is 21.0 Å². The number of nitrogens with one attached hydrogen (secondary N) is 1. The van der Waals surface area contributed by atoms with E-state index in [2.05, 4.69) is 25.5 Å². The lowest BCUT2D eigenvalue weighted by Gasteiger charge is -2.19. The standard InChI is InChI=1S/C22H25NO5S/c1-6-27-21(24)20-14(2)18-13-16(9-12-19(18)28-20)23-29(25,26)17-10-7-15(8-11-17)22(3,4)5/h7-13,23H,6H2,1-5H3. The predicted molar refractivity (Wildman–Crippen MR) is 113 cm³/mol. The second-order valence-electron chi connectivity index (χ2n) is 7.87. The highest BCUT2D eigenvalue weighted by molar-refractivity contribution is 7.92. The second-order valence-corrected chi connectivity index (χ2v) is 9.55. The number of furan rings is 1. The summed E-state index contributed by atoms with van der Waals surface area (Å²) in [5.41, 5.74) is 2.48. The molecule has 0 aliphatic carbocycles. The first-order valence-electron chi connectivity index (χ1n) is 9.36. The molecule has 0 aliphatic rings. The van der Waals surface area contributed by atoms with Crippen molar-refractivity contribution < 1.29 is 22.4 Å². The molecular weight excluding hydrogens is 390 g/mol. The lowest BCUT2D eigenvalue weighted by Crippen LogP contribution is -2.14. The molecule has 0 amide bonds. The van der Waals surface area contributed by atoms with Gasteiger partial charge in [-0.1, -0.05) is 32.9 Å². The van der Waals surface area contributed by atoms with Gasteiger partial charge in [0.15, 0.2) is 0 Å². The third kappa shape index (κ3) is 4.29. The molecule has 0 bridgehead atoms. The van der Waals surface area contributed by atoms with Gasteiger partial charge in [-0.25, -0.2) is 13.2 Å². The molecule has 0 aliphatic heterocycles. The zero-order chi connectivity index (χ0) is 21.4. The fraction of sp³-hybridized carbons (Fsp3) is 0.318. The van der Waals surface area contributed by atoms with Crippen molar-refractivity contribution in [2.75, 3.05) is 11.3 Å². The van der Waals surface area contributed by atoms with E-state index in [1.807, 2.05) is 12.1 Å². The molecule has 7 heteroatoms. The van der Waals surface area contributed by atoms with Crippen LogP contribution < -0.4 is 4.72 Å². The first kappa shape index (κ1) is 20.9. The van der Waals surface area contributed by atoms with E-state index < -0.39 is 16.0 Å². The Morgan fingerprint density at radius 2 is 1.76 bits per heavy atom. The zero-order valence-electron chi connectivity index (χ0n) is 17.2. The lowest BCUT2D eigenvalue weighted by atomic mass is 9.87. The van der Waals surface area contributed by atoms with Crippen molar-refractivity contribution in [3.8, 4) is 0 Å². The molecule has 1 heterocycles. The Balaban J connectivity index is 1.91. The molecule has 3 aromatic rings.